The molecule has 2 aliphatic rings. The van der Waals surface area contributed by atoms with Gasteiger partial charge in [-0.15, -0.1) is 0 Å². The van der Waals surface area contributed by atoms with Crippen molar-refractivity contribution >= 4 is 27.7 Å². The predicted octanol–water partition coefficient (Wildman–Crippen LogP) is 2.90. The van der Waals surface area contributed by atoms with Crippen LogP contribution in [0.3, 0.4) is 0 Å². The van der Waals surface area contributed by atoms with Gasteiger partial charge in [0.2, 0.25) is 0 Å². The molecule has 198 valence electrons. The first kappa shape index (κ1) is 24.6. The van der Waals surface area contributed by atoms with Crippen molar-refractivity contribution in [1.82, 2.24) is 29.5 Å². The van der Waals surface area contributed by atoms with Crippen molar-refractivity contribution in [3.05, 3.63) is 63.8 Å². The lowest BCUT2D eigenvalue weighted by Crippen LogP contribution is -2.48. The molecule has 0 atom stereocenters. The van der Waals surface area contributed by atoms with Crippen LogP contribution in [-0.2, 0) is 11.3 Å². The van der Waals surface area contributed by atoms with E-state index < -0.39 is 0 Å². The first-order valence-corrected chi connectivity index (χ1v) is 13.1. The van der Waals surface area contributed by atoms with Gasteiger partial charge in [-0.3, -0.25) is 24.2 Å². The van der Waals surface area contributed by atoms with Crippen LogP contribution in [0.2, 0.25) is 0 Å². The van der Waals surface area contributed by atoms with E-state index >= 15 is 0 Å². The molecule has 0 saturated carbocycles. The van der Waals surface area contributed by atoms with Crippen LogP contribution in [0.25, 0.3) is 21.8 Å². The highest BCUT2D eigenvalue weighted by Crippen LogP contribution is 2.30. The minimum Gasteiger partial charge on any atom is -0.496 e. The van der Waals surface area contributed by atoms with E-state index in [-0.39, 0.29) is 17.5 Å². The zero-order valence-corrected chi connectivity index (χ0v) is 21.8. The van der Waals surface area contributed by atoms with E-state index in [1.54, 1.807) is 19.5 Å². The van der Waals surface area contributed by atoms with Crippen molar-refractivity contribution in [2.45, 2.75) is 32.4 Å². The van der Waals surface area contributed by atoms with Crippen LogP contribution >= 0.6 is 0 Å². The summed E-state index contributed by atoms with van der Waals surface area (Å²) in [6.07, 6.45) is 6.90. The number of piperazine rings is 1. The number of amides is 1. The zero-order valence-electron chi connectivity index (χ0n) is 21.8. The van der Waals surface area contributed by atoms with Crippen LogP contribution in [0, 0.1) is 6.92 Å². The van der Waals surface area contributed by atoms with Crippen LogP contribution in [-0.4, -0.2) is 82.0 Å². The molecule has 1 amide bonds. The molecule has 5 heterocycles. The van der Waals surface area contributed by atoms with E-state index in [0.29, 0.717) is 37.3 Å². The third-order valence-electron chi connectivity index (χ3n) is 7.81. The van der Waals surface area contributed by atoms with Gasteiger partial charge in [0.25, 0.3) is 11.5 Å². The molecule has 2 saturated heterocycles. The zero-order chi connectivity index (χ0) is 26.2. The first-order valence-electron chi connectivity index (χ1n) is 13.1. The van der Waals surface area contributed by atoms with Gasteiger partial charge >= 0.3 is 0 Å². The van der Waals surface area contributed by atoms with Crippen LogP contribution < -0.4 is 10.3 Å². The van der Waals surface area contributed by atoms with Crippen LogP contribution in [0.1, 0.15) is 40.4 Å². The van der Waals surface area contributed by atoms with Crippen molar-refractivity contribution < 1.29 is 14.3 Å². The molecule has 3 aromatic heterocycles. The average Bonchev–Trinajstić information content (AvgIpc) is 3.40. The smallest absolute Gasteiger partial charge is 0.259 e. The third-order valence-corrected chi connectivity index (χ3v) is 7.81. The second-order valence-corrected chi connectivity index (χ2v) is 10.1. The number of carbonyl (C=O) groups is 1. The minimum absolute atomic E-state index is 0.0134. The van der Waals surface area contributed by atoms with Gasteiger partial charge < -0.3 is 19.4 Å². The number of hydrogen-bond donors (Lipinski definition) is 1. The van der Waals surface area contributed by atoms with E-state index in [0.717, 1.165) is 65.8 Å². The number of nitrogens with zero attached hydrogens (tertiary/aromatic N) is 5. The lowest BCUT2D eigenvalue weighted by Gasteiger charge is -2.35. The maximum absolute atomic E-state index is 13.7. The normalized spacial score (nSPS) is 17.4. The Morgan fingerprint density at radius 1 is 1.13 bits per heavy atom. The molecule has 10 nitrogen and oxygen atoms in total. The van der Waals surface area contributed by atoms with Crippen molar-refractivity contribution in [3.8, 4) is 5.75 Å². The van der Waals surface area contributed by atoms with Gasteiger partial charge in [-0.2, -0.15) is 5.10 Å². The summed E-state index contributed by atoms with van der Waals surface area (Å²) in [5.74, 6) is 0.842. The van der Waals surface area contributed by atoms with Crippen molar-refractivity contribution in [2.75, 3.05) is 46.5 Å². The van der Waals surface area contributed by atoms with Crippen LogP contribution in [0.15, 0.2) is 41.6 Å². The molecule has 0 spiro atoms. The summed E-state index contributed by atoms with van der Waals surface area (Å²) in [5.41, 5.74) is 3.90. The number of ether oxygens (including phenoxy) is 2. The van der Waals surface area contributed by atoms with E-state index in [4.69, 9.17) is 9.47 Å². The highest BCUT2D eigenvalue weighted by atomic mass is 16.5. The summed E-state index contributed by atoms with van der Waals surface area (Å²) in [6.45, 7) is 6.82. The molecule has 4 aromatic rings. The molecule has 2 aliphatic heterocycles. The standard InChI is InChI=1S/C28H32N6O4/c1-18-13-24-22(26-23(27(35)31-24)16-30-34(26)20-4-11-38-12-5-20)14-21(18)28(36)33-9-7-32(8-10-33)17-19-15-29-6-3-25(19)37-2/h3,6,13-16,20H,4-5,7-12,17H2,1-2H3,(H,31,35). The number of carbonyl (C=O) groups excluding carboxylic acids is 1. The predicted molar refractivity (Wildman–Crippen MR) is 144 cm³/mol. The maximum atomic E-state index is 13.7. The van der Waals surface area contributed by atoms with E-state index in [9.17, 15) is 9.59 Å². The van der Waals surface area contributed by atoms with Crippen LogP contribution in [0.5, 0.6) is 5.75 Å². The summed E-state index contributed by atoms with van der Waals surface area (Å²) in [6, 6.07) is 5.89. The molecule has 38 heavy (non-hydrogen) atoms. The fraction of sp³-hybridized carbons (Fsp3) is 0.429. The van der Waals surface area contributed by atoms with Crippen molar-refractivity contribution in [1.29, 1.82) is 0 Å². The number of aryl methyl sites for hydroxylation is 1. The van der Waals surface area contributed by atoms with E-state index in [1.165, 1.54) is 0 Å². The van der Waals surface area contributed by atoms with Gasteiger partial charge in [-0.25, -0.2) is 0 Å². The fourth-order valence-electron chi connectivity index (χ4n) is 5.68. The largest absolute Gasteiger partial charge is 0.496 e. The summed E-state index contributed by atoms with van der Waals surface area (Å²) in [5, 5.41) is 5.99. The average molecular weight is 517 g/mol. The van der Waals surface area contributed by atoms with Gasteiger partial charge in [0.15, 0.2) is 0 Å². The third kappa shape index (κ3) is 4.43. The number of fused-ring (bicyclic) bond motifs is 3. The molecule has 0 unspecified atom stereocenters. The monoisotopic (exact) mass is 516 g/mol. The highest BCUT2D eigenvalue weighted by Gasteiger charge is 2.26. The number of benzene rings is 1. The molecule has 0 radical (unpaired) electrons. The molecular weight excluding hydrogens is 484 g/mol. The quantitative estimate of drug-likeness (QED) is 0.435. The van der Waals surface area contributed by atoms with E-state index in [1.807, 2.05) is 40.9 Å². The maximum Gasteiger partial charge on any atom is 0.259 e. The highest BCUT2D eigenvalue weighted by molar-refractivity contribution is 6.07. The van der Waals surface area contributed by atoms with Gasteiger partial charge in [0.1, 0.15) is 5.75 Å². The number of aromatic nitrogens is 4. The number of rotatable bonds is 5. The number of methoxy groups -OCH3 is 1. The number of pyridine rings is 2. The van der Waals surface area contributed by atoms with Gasteiger partial charge in [0, 0.05) is 74.8 Å². The topological polar surface area (TPSA) is 106 Å². The van der Waals surface area contributed by atoms with Gasteiger partial charge in [0.05, 0.1) is 35.8 Å². The van der Waals surface area contributed by atoms with Gasteiger partial charge in [-0.1, -0.05) is 0 Å². The Kier molecular flexibility index (Phi) is 6.59. The number of nitrogens with one attached hydrogen (secondary N) is 1. The second kappa shape index (κ2) is 10.2. The summed E-state index contributed by atoms with van der Waals surface area (Å²) in [7, 11) is 1.67. The number of hydrogen-bond acceptors (Lipinski definition) is 7. The molecule has 2 fully saturated rings. The van der Waals surface area contributed by atoms with Crippen molar-refractivity contribution in [2.24, 2.45) is 0 Å². The Morgan fingerprint density at radius 3 is 2.68 bits per heavy atom. The molecule has 6 rings (SSSR count). The Balaban J connectivity index is 1.27. The van der Waals surface area contributed by atoms with Crippen LogP contribution in [0.4, 0.5) is 0 Å². The number of H-pyrrole nitrogens is 1. The molecule has 0 aliphatic carbocycles. The Bertz CT molecular complexity index is 1550. The number of aromatic amines is 1. The minimum atomic E-state index is -0.161. The molecule has 0 bridgehead atoms. The summed E-state index contributed by atoms with van der Waals surface area (Å²) in [4.78, 5) is 38.0. The lowest BCUT2D eigenvalue weighted by molar-refractivity contribution is 0.0626. The molecule has 1 N–H and O–H groups in total. The Labute approximate surface area is 220 Å². The fourth-order valence-corrected chi connectivity index (χ4v) is 5.68. The van der Waals surface area contributed by atoms with Gasteiger partial charge in [-0.05, 0) is 43.5 Å². The lowest BCUT2D eigenvalue weighted by atomic mass is 10.0. The summed E-state index contributed by atoms with van der Waals surface area (Å²) >= 11 is 0. The van der Waals surface area contributed by atoms with Crippen molar-refractivity contribution in [3.63, 3.8) is 0 Å². The molecule has 10 heteroatoms. The molecular formula is C28H32N6O4. The Morgan fingerprint density at radius 2 is 1.92 bits per heavy atom. The SMILES string of the molecule is COc1ccncc1CN1CCN(C(=O)c2cc3c(cc2C)[nH]c(=O)c2cnn(C4CCOCC4)c23)CC1. The second-order valence-electron chi connectivity index (χ2n) is 10.1. The first-order chi connectivity index (χ1) is 18.5. The summed E-state index contributed by atoms with van der Waals surface area (Å²) < 4.78 is 13.0. The Hall–Kier alpha value is -3.76. The molecule has 1 aromatic carbocycles. The van der Waals surface area contributed by atoms with E-state index in [2.05, 4.69) is 20.0 Å².